The third kappa shape index (κ3) is 3.40. The van der Waals surface area contributed by atoms with Crippen LogP contribution in [0.25, 0.3) is 0 Å². The largest absolute Gasteiger partial charge is 0.313 e. The lowest BCUT2D eigenvalue weighted by atomic mass is 9.80. The van der Waals surface area contributed by atoms with Gasteiger partial charge in [-0.3, -0.25) is 0 Å². The van der Waals surface area contributed by atoms with Gasteiger partial charge in [-0.25, -0.2) is 13.1 Å². The average molecular weight is 296 g/mol. The minimum absolute atomic E-state index is 0.258. The Labute approximate surface area is 122 Å². The maximum absolute atomic E-state index is 12.4. The maximum atomic E-state index is 12.4. The second-order valence-electron chi connectivity index (χ2n) is 5.89. The lowest BCUT2D eigenvalue weighted by molar-refractivity contribution is 0.248. The molecular weight excluding hydrogens is 272 g/mol. The maximum Gasteiger partial charge on any atom is 0.241 e. The molecule has 1 aliphatic rings. The number of nitrogens with one attached hydrogen (secondary N) is 2. The summed E-state index contributed by atoms with van der Waals surface area (Å²) >= 11 is 0. The van der Waals surface area contributed by atoms with Crippen LogP contribution in [0.15, 0.2) is 23.1 Å². The van der Waals surface area contributed by atoms with Crippen LogP contribution in [0.1, 0.15) is 44.2 Å². The molecule has 0 spiro atoms. The fraction of sp³-hybridized carbons (Fsp3) is 0.600. The van der Waals surface area contributed by atoms with Crippen LogP contribution in [0.2, 0.25) is 0 Å². The Morgan fingerprint density at radius 2 is 2.00 bits per heavy atom. The molecule has 0 amide bonds. The summed E-state index contributed by atoms with van der Waals surface area (Å²) in [5, 5.41) is 3.24. The van der Waals surface area contributed by atoms with Gasteiger partial charge in [-0.2, -0.15) is 0 Å². The molecule has 1 saturated carbocycles. The first kappa shape index (κ1) is 15.5. The summed E-state index contributed by atoms with van der Waals surface area (Å²) in [6.07, 6.45) is 2.93. The first-order valence-electron chi connectivity index (χ1n) is 7.20. The Morgan fingerprint density at radius 3 is 2.55 bits per heavy atom. The van der Waals surface area contributed by atoms with Crippen molar-refractivity contribution in [2.75, 3.05) is 6.54 Å². The Hall–Kier alpha value is -0.910. The van der Waals surface area contributed by atoms with Gasteiger partial charge in [0.25, 0.3) is 0 Å². The van der Waals surface area contributed by atoms with Crippen molar-refractivity contribution in [1.82, 2.24) is 10.0 Å². The van der Waals surface area contributed by atoms with Crippen LogP contribution in [0.5, 0.6) is 0 Å². The van der Waals surface area contributed by atoms with Gasteiger partial charge in [0.05, 0.1) is 4.90 Å². The van der Waals surface area contributed by atoms with Gasteiger partial charge >= 0.3 is 0 Å². The summed E-state index contributed by atoms with van der Waals surface area (Å²) in [5.41, 5.74) is 1.89. The van der Waals surface area contributed by atoms with Crippen molar-refractivity contribution in [2.24, 2.45) is 0 Å². The van der Waals surface area contributed by atoms with Gasteiger partial charge in [0, 0.05) is 12.1 Å². The van der Waals surface area contributed by atoms with Crippen LogP contribution in [0.4, 0.5) is 0 Å². The van der Waals surface area contributed by atoms with E-state index in [0.717, 1.165) is 36.9 Å². The first-order chi connectivity index (χ1) is 9.36. The topological polar surface area (TPSA) is 58.2 Å². The normalized spacial score (nSPS) is 17.8. The third-order valence-electron chi connectivity index (χ3n) is 4.03. The summed E-state index contributed by atoms with van der Waals surface area (Å²) < 4.78 is 27.7. The molecule has 5 heteroatoms. The molecule has 0 saturated heterocycles. The lowest BCUT2D eigenvalue weighted by Gasteiger charge is -2.38. The minimum atomic E-state index is -3.42. The zero-order valence-electron chi connectivity index (χ0n) is 12.5. The van der Waals surface area contributed by atoms with E-state index in [4.69, 9.17) is 0 Å². The molecule has 2 rings (SSSR count). The molecule has 0 bridgehead atoms. The van der Waals surface area contributed by atoms with Crippen LogP contribution in [0, 0.1) is 6.92 Å². The highest BCUT2D eigenvalue weighted by molar-refractivity contribution is 7.89. The SMILES string of the molecule is CCNCc1cc(S(=O)(=O)NC2(C)CCC2)ccc1C. The Morgan fingerprint density at radius 1 is 1.30 bits per heavy atom. The van der Waals surface area contributed by atoms with Crippen molar-refractivity contribution in [3.8, 4) is 0 Å². The monoisotopic (exact) mass is 296 g/mol. The van der Waals surface area contributed by atoms with E-state index in [-0.39, 0.29) is 5.54 Å². The molecular formula is C15H24N2O2S. The number of aryl methyl sites for hydroxylation is 1. The summed E-state index contributed by atoms with van der Waals surface area (Å²) in [5.74, 6) is 0. The molecule has 0 aliphatic heterocycles. The van der Waals surface area contributed by atoms with E-state index in [1.807, 2.05) is 26.8 Å². The van der Waals surface area contributed by atoms with Crippen molar-refractivity contribution in [2.45, 2.75) is 57.0 Å². The quantitative estimate of drug-likeness (QED) is 0.847. The van der Waals surface area contributed by atoms with Crippen LogP contribution in [-0.2, 0) is 16.6 Å². The van der Waals surface area contributed by atoms with E-state index in [1.54, 1.807) is 12.1 Å². The molecule has 1 aromatic rings. The Balaban J connectivity index is 2.22. The standard InChI is InChI=1S/C15H24N2O2S/c1-4-16-11-13-10-14(7-6-12(13)2)20(18,19)17-15(3)8-5-9-15/h6-7,10,16-17H,4-5,8-9,11H2,1-3H3. The van der Waals surface area contributed by atoms with Crippen LogP contribution < -0.4 is 10.0 Å². The van der Waals surface area contributed by atoms with Gasteiger partial charge in [0.15, 0.2) is 0 Å². The van der Waals surface area contributed by atoms with E-state index in [1.165, 1.54) is 0 Å². The van der Waals surface area contributed by atoms with Crippen molar-refractivity contribution in [3.63, 3.8) is 0 Å². The van der Waals surface area contributed by atoms with Gasteiger partial charge in [-0.15, -0.1) is 0 Å². The van der Waals surface area contributed by atoms with Gasteiger partial charge in [0.2, 0.25) is 10.0 Å². The van der Waals surface area contributed by atoms with Crippen molar-refractivity contribution < 1.29 is 8.42 Å². The molecule has 2 N–H and O–H groups in total. The van der Waals surface area contributed by atoms with E-state index in [2.05, 4.69) is 10.0 Å². The van der Waals surface area contributed by atoms with Gasteiger partial charge in [0.1, 0.15) is 0 Å². The van der Waals surface area contributed by atoms with Crippen molar-refractivity contribution in [3.05, 3.63) is 29.3 Å². The van der Waals surface area contributed by atoms with E-state index in [0.29, 0.717) is 11.4 Å². The summed E-state index contributed by atoms with van der Waals surface area (Å²) in [7, 11) is -3.42. The first-order valence-corrected chi connectivity index (χ1v) is 8.69. The molecule has 20 heavy (non-hydrogen) atoms. The highest BCUT2D eigenvalue weighted by atomic mass is 32.2. The number of hydrogen-bond donors (Lipinski definition) is 2. The zero-order chi connectivity index (χ0) is 14.8. The zero-order valence-corrected chi connectivity index (χ0v) is 13.3. The second kappa shape index (κ2) is 5.84. The number of sulfonamides is 1. The fourth-order valence-electron chi connectivity index (χ4n) is 2.46. The molecule has 112 valence electrons. The van der Waals surface area contributed by atoms with Gasteiger partial charge in [-0.05, 0) is 62.9 Å². The highest BCUT2D eigenvalue weighted by Crippen LogP contribution is 2.32. The highest BCUT2D eigenvalue weighted by Gasteiger charge is 2.36. The third-order valence-corrected chi connectivity index (χ3v) is 5.67. The molecule has 1 aromatic carbocycles. The van der Waals surface area contributed by atoms with E-state index >= 15 is 0 Å². The fourth-order valence-corrected chi connectivity index (χ4v) is 3.97. The van der Waals surface area contributed by atoms with Crippen LogP contribution in [0.3, 0.4) is 0 Å². The average Bonchev–Trinajstić information content (AvgIpc) is 2.35. The number of rotatable bonds is 6. The lowest BCUT2D eigenvalue weighted by Crippen LogP contribution is -2.50. The number of benzene rings is 1. The summed E-state index contributed by atoms with van der Waals surface area (Å²) in [6, 6.07) is 5.35. The summed E-state index contributed by atoms with van der Waals surface area (Å²) in [4.78, 5) is 0.365. The van der Waals surface area contributed by atoms with E-state index in [9.17, 15) is 8.42 Å². The molecule has 0 unspecified atom stereocenters. The molecule has 0 heterocycles. The van der Waals surface area contributed by atoms with Gasteiger partial charge in [-0.1, -0.05) is 13.0 Å². The molecule has 0 aromatic heterocycles. The Bertz CT molecular complexity index is 578. The van der Waals surface area contributed by atoms with Crippen molar-refractivity contribution >= 4 is 10.0 Å². The Kier molecular flexibility index (Phi) is 4.52. The molecule has 4 nitrogen and oxygen atoms in total. The molecule has 0 radical (unpaired) electrons. The molecule has 1 aliphatic carbocycles. The molecule has 0 atom stereocenters. The van der Waals surface area contributed by atoms with Crippen LogP contribution in [-0.4, -0.2) is 20.5 Å². The number of hydrogen-bond acceptors (Lipinski definition) is 3. The summed E-state index contributed by atoms with van der Waals surface area (Å²) in [6.45, 7) is 7.58. The minimum Gasteiger partial charge on any atom is -0.313 e. The van der Waals surface area contributed by atoms with E-state index < -0.39 is 10.0 Å². The predicted octanol–water partition coefficient (Wildman–Crippen LogP) is 2.33. The van der Waals surface area contributed by atoms with Crippen molar-refractivity contribution in [1.29, 1.82) is 0 Å². The van der Waals surface area contributed by atoms with Crippen LogP contribution >= 0.6 is 0 Å². The van der Waals surface area contributed by atoms with Gasteiger partial charge < -0.3 is 5.32 Å². The smallest absolute Gasteiger partial charge is 0.241 e. The molecule has 1 fully saturated rings. The predicted molar refractivity (Wildman–Crippen MR) is 81.1 cm³/mol. The second-order valence-corrected chi connectivity index (χ2v) is 7.57.